The first-order valence-corrected chi connectivity index (χ1v) is 9.02. The molecule has 2 fully saturated rings. The zero-order valence-electron chi connectivity index (χ0n) is 11.9. The molecule has 1 aliphatic heterocycles. The highest BCUT2D eigenvalue weighted by Gasteiger charge is 2.25. The van der Waals surface area contributed by atoms with Crippen LogP contribution in [0.15, 0.2) is 0 Å². The smallest absolute Gasteiger partial charge is 0.237 e. The van der Waals surface area contributed by atoms with Gasteiger partial charge < -0.3 is 5.32 Å². The van der Waals surface area contributed by atoms with Crippen LogP contribution in [0.25, 0.3) is 0 Å². The Morgan fingerprint density at radius 3 is 2.53 bits per heavy atom. The van der Waals surface area contributed by atoms with Crippen LogP contribution in [0.3, 0.4) is 0 Å². The molecular weight excluding hydrogens is 260 g/mol. The van der Waals surface area contributed by atoms with E-state index >= 15 is 0 Å². The third kappa shape index (κ3) is 4.56. The van der Waals surface area contributed by atoms with Crippen molar-refractivity contribution in [3.63, 3.8) is 0 Å². The molecule has 2 aliphatic rings. The van der Waals surface area contributed by atoms with E-state index in [2.05, 4.69) is 10.2 Å². The van der Waals surface area contributed by atoms with E-state index in [9.17, 15) is 9.00 Å². The van der Waals surface area contributed by atoms with Crippen LogP contribution < -0.4 is 5.32 Å². The van der Waals surface area contributed by atoms with E-state index in [-0.39, 0.29) is 11.9 Å². The topological polar surface area (TPSA) is 49.4 Å². The largest absolute Gasteiger partial charge is 0.354 e. The lowest BCUT2D eigenvalue weighted by Crippen LogP contribution is -2.50. The molecule has 1 N–H and O–H groups in total. The van der Waals surface area contributed by atoms with Gasteiger partial charge in [0.05, 0.1) is 6.04 Å². The molecule has 0 aromatic carbocycles. The molecular formula is C14H26N2O2S. The zero-order valence-corrected chi connectivity index (χ0v) is 12.7. The van der Waals surface area contributed by atoms with Crippen molar-refractivity contribution in [3.8, 4) is 0 Å². The van der Waals surface area contributed by atoms with Gasteiger partial charge in [-0.15, -0.1) is 0 Å². The van der Waals surface area contributed by atoms with Crippen LogP contribution in [0.5, 0.6) is 0 Å². The fraction of sp³-hybridized carbons (Fsp3) is 0.929. The van der Waals surface area contributed by atoms with Crippen LogP contribution in [-0.4, -0.2) is 52.2 Å². The van der Waals surface area contributed by atoms with Gasteiger partial charge >= 0.3 is 0 Å². The molecule has 1 saturated carbocycles. The molecule has 1 saturated heterocycles. The first-order chi connectivity index (χ1) is 9.16. The normalized spacial score (nSPS) is 25.1. The minimum atomic E-state index is -0.672. The summed E-state index contributed by atoms with van der Waals surface area (Å²) in [4.78, 5) is 14.3. The predicted molar refractivity (Wildman–Crippen MR) is 78.5 cm³/mol. The van der Waals surface area contributed by atoms with E-state index in [0.29, 0.717) is 17.4 Å². The van der Waals surface area contributed by atoms with Crippen LogP contribution in [0.4, 0.5) is 0 Å². The number of carbonyl (C=O) groups excluding carboxylic acids is 1. The third-order valence-electron chi connectivity index (χ3n) is 4.43. The van der Waals surface area contributed by atoms with Crippen molar-refractivity contribution in [2.45, 2.75) is 45.1 Å². The summed E-state index contributed by atoms with van der Waals surface area (Å²) < 4.78 is 11.3. The number of amides is 1. The summed E-state index contributed by atoms with van der Waals surface area (Å²) in [5.41, 5.74) is 0. The van der Waals surface area contributed by atoms with Crippen molar-refractivity contribution in [2.24, 2.45) is 5.92 Å². The number of nitrogens with one attached hydrogen (secondary N) is 1. The molecule has 2 rings (SSSR count). The highest BCUT2D eigenvalue weighted by Crippen LogP contribution is 2.22. The molecule has 4 nitrogen and oxygen atoms in total. The van der Waals surface area contributed by atoms with Crippen LogP contribution in [-0.2, 0) is 15.6 Å². The number of nitrogens with zero attached hydrogens (tertiary/aromatic N) is 1. The molecule has 110 valence electrons. The molecule has 5 heteroatoms. The molecule has 0 aromatic rings. The highest BCUT2D eigenvalue weighted by molar-refractivity contribution is 7.85. The second-order valence-electron chi connectivity index (χ2n) is 5.81. The fourth-order valence-corrected chi connectivity index (χ4v) is 4.07. The fourth-order valence-electron chi connectivity index (χ4n) is 2.99. The highest BCUT2D eigenvalue weighted by atomic mass is 32.2. The Bertz CT molecular complexity index is 319. The average Bonchev–Trinajstić information content (AvgIpc) is 2.46. The van der Waals surface area contributed by atoms with Crippen LogP contribution >= 0.6 is 0 Å². The summed E-state index contributed by atoms with van der Waals surface area (Å²) in [7, 11) is -0.672. The van der Waals surface area contributed by atoms with E-state index in [1.807, 2.05) is 6.92 Å². The molecule has 1 aliphatic carbocycles. The van der Waals surface area contributed by atoms with Gasteiger partial charge in [-0.25, -0.2) is 0 Å². The summed E-state index contributed by atoms with van der Waals surface area (Å²) in [6, 6.07) is -0.0825. The van der Waals surface area contributed by atoms with Gasteiger partial charge in [0.2, 0.25) is 5.91 Å². The van der Waals surface area contributed by atoms with E-state index < -0.39 is 10.8 Å². The average molecular weight is 286 g/mol. The second kappa shape index (κ2) is 7.39. The Hall–Kier alpha value is -0.420. The van der Waals surface area contributed by atoms with Gasteiger partial charge in [-0.2, -0.15) is 0 Å². The molecule has 0 bridgehead atoms. The Kier molecular flexibility index (Phi) is 5.82. The number of rotatable bonds is 4. The lowest BCUT2D eigenvalue weighted by atomic mass is 9.89. The molecule has 1 unspecified atom stereocenters. The summed E-state index contributed by atoms with van der Waals surface area (Å²) in [6.45, 7) is 4.36. The third-order valence-corrected chi connectivity index (χ3v) is 5.71. The molecule has 19 heavy (non-hydrogen) atoms. The second-order valence-corrected chi connectivity index (χ2v) is 7.51. The maximum atomic E-state index is 12.1. The molecule has 1 heterocycles. The SMILES string of the molecule is CC(C(=O)NCC1CCCCC1)N1CCS(=O)CC1. The van der Waals surface area contributed by atoms with Gasteiger partial charge in [0, 0.05) is 41.9 Å². The Morgan fingerprint density at radius 1 is 1.26 bits per heavy atom. The quantitative estimate of drug-likeness (QED) is 0.843. The van der Waals surface area contributed by atoms with Gasteiger partial charge in [-0.1, -0.05) is 19.3 Å². The Morgan fingerprint density at radius 2 is 1.89 bits per heavy atom. The van der Waals surface area contributed by atoms with E-state index in [4.69, 9.17) is 0 Å². The van der Waals surface area contributed by atoms with Crippen LogP contribution in [0, 0.1) is 5.92 Å². The zero-order chi connectivity index (χ0) is 13.7. The van der Waals surface area contributed by atoms with Gasteiger partial charge in [0.1, 0.15) is 0 Å². The lowest BCUT2D eigenvalue weighted by molar-refractivity contribution is -0.126. The van der Waals surface area contributed by atoms with Gasteiger partial charge in [0.15, 0.2) is 0 Å². The van der Waals surface area contributed by atoms with E-state index in [1.165, 1.54) is 32.1 Å². The van der Waals surface area contributed by atoms with Gasteiger partial charge in [0.25, 0.3) is 0 Å². The Labute approximate surface area is 118 Å². The van der Waals surface area contributed by atoms with Gasteiger partial charge in [-0.05, 0) is 25.7 Å². The van der Waals surface area contributed by atoms with Crippen LogP contribution in [0.1, 0.15) is 39.0 Å². The predicted octanol–water partition coefficient (Wildman–Crippen LogP) is 1.14. The number of hydrogen-bond donors (Lipinski definition) is 1. The summed E-state index contributed by atoms with van der Waals surface area (Å²) in [5, 5.41) is 3.10. The molecule has 1 atom stereocenters. The van der Waals surface area contributed by atoms with Crippen molar-refractivity contribution in [3.05, 3.63) is 0 Å². The summed E-state index contributed by atoms with van der Waals surface area (Å²) in [6.07, 6.45) is 6.50. The lowest BCUT2D eigenvalue weighted by Gasteiger charge is -2.31. The Balaban J connectivity index is 1.71. The molecule has 0 radical (unpaired) electrons. The molecule has 0 spiro atoms. The van der Waals surface area contributed by atoms with Crippen molar-refractivity contribution in [1.29, 1.82) is 0 Å². The number of hydrogen-bond acceptors (Lipinski definition) is 3. The van der Waals surface area contributed by atoms with E-state index in [1.54, 1.807) is 0 Å². The summed E-state index contributed by atoms with van der Waals surface area (Å²) in [5.74, 6) is 2.23. The molecule has 0 aromatic heterocycles. The van der Waals surface area contributed by atoms with Crippen molar-refractivity contribution >= 4 is 16.7 Å². The van der Waals surface area contributed by atoms with Crippen LogP contribution in [0.2, 0.25) is 0 Å². The maximum absolute atomic E-state index is 12.1. The molecule has 1 amide bonds. The minimum Gasteiger partial charge on any atom is -0.354 e. The van der Waals surface area contributed by atoms with Gasteiger partial charge in [-0.3, -0.25) is 13.9 Å². The first kappa shape index (κ1) is 15.0. The van der Waals surface area contributed by atoms with Crippen molar-refractivity contribution in [1.82, 2.24) is 10.2 Å². The van der Waals surface area contributed by atoms with Crippen molar-refractivity contribution < 1.29 is 9.00 Å². The maximum Gasteiger partial charge on any atom is 0.237 e. The number of carbonyl (C=O) groups is 1. The summed E-state index contributed by atoms with van der Waals surface area (Å²) >= 11 is 0. The van der Waals surface area contributed by atoms with E-state index in [0.717, 1.165) is 19.6 Å². The monoisotopic (exact) mass is 286 g/mol. The standard InChI is InChI=1S/C14H26N2O2S/c1-12(16-7-9-19(18)10-8-16)14(17)15-11-13-5-3-2-4-6-13/h12-13H,2-11H2,1H3,(H,15,17). The first-order valence-electron chi connectivity index (χ1n) is 7.53. The van der Waals surface area contributed by atoms with Crippen molar-refractivity contribution in [2.75, 3.05) is 31.1 Å². The minimum absolute atomic E-state index is 0.0825.